The molecule has 6 nitrogen and oxygen atoms in total. The van der Waals surface area contributed by atoms with Crippen LogP contribution in [0.25, 0.3) is 10.2 Å². The fourth-order valence-corrected chi connectivity index (χ4v) is 6.78. The van der Waals surface area contributed by atoms with Gasteiger partial charge in [-0.25, -0.2) is 4.98 Å². The monoisotopic (exact) mass is 512 g/mol. The Hall–Kier alpha value is -2.38. The molecule has 1 N–H and O–H groups in total. The molecule has 2 aliphatic rings. The molecule has 1 aliphatic carbocycles. The highest BCUT2D eigenvalue weighted by atomic mass is 35.5. The van der Waals surface area contributed by atoms with Crippen molar-refractivity contribution in [1.29, 1.82) is 0 Å². The topological polar surface area (TPSA) is 69.3 Å². The van der Waals surface area contributed by atoms with Gasteiger partial charge >= 0.3 is 0 Å². The van der Waals surface area contributed by atoms with Crippen LogP contribution in [0.15, 0.2) is 29.1 Å². The van der Waals surface area contributed by atoms with Crippen LogP contribution in [0.5, 0.6) is 0 Å². The summed E-state index contributed by atoms with van der Waals surface area (Å²) in [6.07, 6.45) is 3.89. The normalized spacial score (nSPS) is 18.7. The number of hydrogen-bond acceptors (Lipinski definition) is 5. The minimum Gasteiger partial charge on any atom is -0.368 e. The van der Waals surface area contributed by atoms with Gasteiger partial charge in [0.05, 0.1) is 5.39 Å². The number of anilines is 1. The minimum absolute atomic E-state index is 0.0549. The van der Waals surface area contributed by atoms with Crippen molar-refractivity contribution in [1.82, 2.24) is 14.9 Å². The average Bonchev–Trinajstić information content (AvgIpc) is 3.21. The average molecular weight is 513 g/mol. The second kappa shape index (κ2) is 9.58. The number of amides is 1. The summed E-state index contributed by atoms with van der Waals surface area (Å²) in [5.74, 6) is 1.35. The van der Waals surface area contributed by atoms with Gasteiger partial charge in [0, 0.05) is 54.6 Å². The Labute approximate surface area is 215 Å². The zero-order valence-electron chi connectivity index (χ0n) is 20.7. The highest BCUT2D eigenvalue weighted by Gasteiger charge is 2.31. The molecule has 1 atom stereocenters. The number of carbonyl (C=O) groups is 1. The summed E-state index contributed by atoms with van der Waals surface area (Å²) in [6.45, 7) is 9.87. The Morgan fingerprint density at radius 2 is 1.89 bits per heavy atom. The van der Waals surface area contributed by atoms with E-state index in [1.54, 1.807) is 11.3 Å². The number of H-pyrrole nitrogens is 1. The molecule has 8 heteroatoms. The van der Waals surface area contributed by atoms with Crippen molar-refractivity contribution >= 4 is 44.7 Å². The molecule has 3 heterocycles. The fraction of sp³-hybridized carbons (Fsp3) is 0.519. The Bertz CT molecular complexity index is 1280. The Kier molecular flexibility index (Phi) is 6.66. The van der Waals surface area contributed by atoms with Crippen LogP contribution in [-0.2, 0) is 24.1 Å². The molecule has 5 rings (SSSR count). The summed E-state index contributed by atoms with van der Waals surface area (Å²) in [4.78, 5) is 39.9. The molecule has 1 amide bonds. The van der Waals surface area contributed by atoms with Gasteiger partial charge in [-0.15, -0.1) is 11.3 Å². The Morgan fingerprint density at radius 3 is 2.57 bits per heavy atom. The fourth-order valence-electron chi connectivity index (χ4n) is 5.34. The van der Waals surface area contributed by atoms with Crippen LogP contribution in [0.4, 0.5) is 5.69 Å². The maximum atomic E-state index is 13.0. The van der Waals surface area contributed by atoms with Crippen molar-refractivity contribution in [3.8, 4) is 0 Å². The third-order valence-electron chi connectivity index (χ3n) is 7.59. The number of halogens is 1. The predicted octanol–water partition coefficient (Wildman–Crippen LogP) is 5.07. The predicted molar refractivity (Wildman–Crippen MR) is 144 cm³/mol. The zero-order chi connectivity index (χ0) is 24.7. The van der Waals surface area contributed by atoms with Crippen LogP contribution in [0.2, 0.25) is 5.02 Å². The lowest BCUT2D eigenvalue weighted by molar-refractivity contribution is -0.131. The third kappa shape index (κ3) is 5.12. The number of aryl methyl sites for hydroxylation is 2. The van der Waals surface area contributed by atoms with E-state index in [-0.39, 0.29) is 16.9 Å². The van der Waals surface area contributed by atoms with Gasteiger partial charge < -0.3 is 14.8 Å². The van der Waals surface area contributed by atoms with E-state index < -0.39 is 0 Å². The molecule has 35 heavy (non-hydrogen) atoms. The van der Waals surface area contributed by atoms with Crippen LogP contribution in [0.3, 0.4) is 0 Å². The van der Waals surface area contributed by atoms with Crippen molar-refractivity contribution in [3.05, 3.63) is 55.9 Å². The van der Waals surface area contributed by atoms with Gasteiger partial charge in [-0.05, 0) is 60.4 Å². The largest absolute Gasteiger partial charge is 0.368 e. The minimum atomic E-state index is -0.0549. The first-order chi connectivity index (χ1) is 16.7. The molecule has 0 bridgehead atoms. The smallest absolute Gasteiger partial charge is 0.259 e. The number of nitrogens with one attached hydrogen (secondary N) is 1. The second-order valence-corrected chi connectivity index (χ2v) is 12.4. The number of carbonyl (C=O) groups excluding carboxylic acids is 1. The van der Waals surface area contributed by atoms with Crippen LogP contribution in [0.1, 0.15) is 49.9 Å². The van der Waals surface area contributed by atoms with Crippen molar-refractivity contribution in [2.45, 2.75) is 52.9 Å². The molecule has 1 aromatic carbocycles. The number of rotatable bonds is 4. The molecule has 3 aromatic rings. The van der Waals surface area contributed by atoms with Gasteiger partial charge in [0.1, 0.15) is 10.7 Å². The molecule has 1 unspecified atom stereocenters. The summed E-state index contributed by atoms with van der Waals surface area (Å²) in [5.41, 5.74) is 2.53. The van der Waals surface area contributed by atoms with Crippen molar-refractivity contribution < 1.29 is 4.79 Å². The maximum absolute atomic E-state index is 13.0. The molecule has 1 fully saturated rings. The number of hydrogen-bond donors (Lipinski definition) is 1. The number of nitrogens with zero attached hydrogens (tertiary/aromatic N) is 3. The van der Waals surface area contributed by atoms with Crippen molar-refractivity contribution in [3.63, 3.8) is 0 Å². The molecule has 2 aromatic heterocycles. The molecule has 0 spiro atoms. The standard InChI is InChI=1S/C27H33ClN4O2S/c1-27(2,3)17-4-9-20-21(16-17)35-26-24(20)25(34)29-22(30-26)10-11-23(33)32-14-12-31(13-15-32)19-7-5-18(28)6-8-19/h5-8,17H,4,9-16H2,1-3H3,(H,29,30,34). The van der Waals surface area contributed by atoms with Crippen LogP contribution in [0, 0.1) is 11.3 Å². The number of aromatic amines is 1. The van der Waals surface area contributed by atoms with Crippen LogP contribution in [-0.4, -0.2) is 47.0 Å². The first-order valence-electron chi connectivity index (χ1n) is 12.5. The highest BCUT2D eigenvalue weighted by Crippen LogP contribution is 2.42. The first kappa shape index (κ1) is 24.3. The summed E-state index contributed by atoms with van der Waals surface area (Å²) in [5, 5.41) is 1.50. The number of piperazine rings is 1. The van der Waals surface area contributed by atoms with E-state index in [9.17, 15) is 9.59 Å². The van der Waals surface area contributed by atoms with E-state index in [1.165, 1.54) is 10.4 Å². The molecule has 186 valence electrons. The molecule has 0 saturated carbocycles. The van der Waals surface area contributed by atoms with E-state index in [4.69, 9.17) is 16.6 Å². The van der Waals surface area contributed by atoms with Gasteiger partial charge in [0.25, 0.3) is 5.56 Å². The Balaban J connectivity index is 1.21. The summed E-state index contributed by atoms with van der Waals surface area (Å²) >= 11 is 7.66. The van der Waals surface area contributed by atoms with Gasteiger partial charge in [0.2, 0.25) is 5.91 Å². The van der Waals surface area contributed by atoms with Crippen LogP contribution < -0.4 is 10.5 Å². The molecule has 1 aliphatic heterocycles. The summed E-state index contributed by atoms with van der Waals surface area (Å²) in [6, 6.07) is 7.82. The summed E-state index contributed by atoms with van der Waals surface area (Å²) < 4.78 is 0. The van der Waals surface area contributed by atoms with Gasteiger partial charge in [0.15, 0.2) is 0 Å². The van der Waals surface area contributed by atoms with E-state index in [2.05, 4.69) is 30.7 Å². The van der Waals surface area contributed by atoms with Crippen LogP contribution >= 0.6 is 22.9 Å². The lowest BCUT2D eigenvalue weighted by atomic mass is 9.72. The molecule has 1 saturated heterocycles. The van der Waals surface area contributed by atoms with Gasteiger partial charge in [-0.2, -0.15) is 0 Å². The lowest BCUT2D eigenvalue weighted by Gasteiger charge is -2.36. The number of thiophene rings is 1. The maximum Gasteiger partial charge on any atom is 0.259 e. The van der Waals surface area contributed by atoms with Crippen molar-refractivity contribution in [2.24, 2.45) is 11.3 Å². The lowest BCUT2D eigenvalue weighted by Crippen LogP contribution is -2.48. The van der Waals surface area contributed by atoms with E-state index in [1.807, 2.05) is 29.2 Å². The first-order valence-corrected chi connectivity index (χ1v) is 13.7. The number of benzene rings is 1. The van der Waals surface area contributed by atoms with Crippen molar-refractivity contribution in [2.75, 3.05) is 31.1 Å². The molecule has 0 radical (unpaired) electrons. The van der Waals surface area contributed by atoms with Gasteiger partial charge in [-0.3, -0.25) is 9.59 Å². The SMILES string of the molecule is CC(C)(C)C1CCc2c(sc3nc(CCC(=O)N4CCN(c5ccc(Cl)cc5)CC4)[nH]c(=O)c23)C1. The quantitative estimate of drug-likeness (QED) is 0.530. The third-order valence-corrected chi connectivity index (χ3v) is 8.99. The van der Waals surface area contributed by atoms with Gasteiger partial charge in [-0.1, -0.05) is 32.4 Å². The zero-order valence-corrected chi connectivity index (χ0v) is 22.3. The second-order valence-electron chi connectivity index (χ2n) is 10.8. The Morgan fingerprint density at radius 1 is 1.17 bits per heavy atom. The summed E-state index contributed by atoms with van der Waals surface area (Å²) in [7, 11) is 0. The van der Waals surface area contributed by atoms with E-state index in [0.29, 0.717) is 37.7 Å². The van der Waals surface area contributed by atoms with E-state index in [0.717, 1.165) is 53.3 Å². The number of fused-ring (bicyclic) bond motifs is 3. The highest BCUT2D eigenvalue weighted by molar-refractivity contribution is 7.18. The molecular weight excluding hydrogens is 480 g/mol. The molecular formula is C27H33ClN4O2S. The number of aromatic nitrogens is 2. The van der Waals surface area contributed by atoms with E-state index >= 15 is 0 Å².